The second-order valence-corrected chi connectivity index (χ2v) is 6.20. The van der Waals surface area contributed by atoms with E-state index >= 15 is 0 Å². The molecule has 2 aliphatic rings. The molecule has 114 valence electrons. The van der Waals surface area contributed by atoms with E-state index in [1.807, 2.05) is 0 Å². The molecule has 21 heavy (non-hydrogen) atoms. The minimum Gasteiger partial charge on any atom is -0.351 e. The number of carbonyl (C=O) groups is 1. The van der Waals surface area contributed by atoms with Gasteiger partial charge in [-0.15, -0.1) is 0 Å². The van der Waals surface area contributed by atoms with Crippen molar-refractivity contribution in [3.8, 4) is 0 Å². The Bertz CT molecular complexity index is 479. The summed E-state index contributed by atoms with van der Waals surface area (Å²) in [6.45, 7) is 0. The SMILES string of the molecule is O=C(NC1CCCC1)c1ccnc(NC2CCCCC2)n1. The fourth-order valence-electron chi connectivity index (χ4n) is 3.31. The minimum atomic E-state index is -0.0732. The van der Waals surface area contributed by atoms with Crippen LogP contribution in [0.1, 0.15) is 68.3 Å². The maximum atomic E-state index is 12.2. The second kappa shape index (κ2) is 6.87. The third-order valence-corrected chi connectivity index (χ3v) is 4.52. The van der Waals surface area contributed by atoms with Crippen molar-refractivity contribution in [1.82, 2.24) is 15.3 Å². The van der Waals surface area contributed by atoms with Gasteiger partial charge in [-0.25, -0.2) is 9.97 Å². The molecule has 0 aliphatic heterocycles. The van der Waals surface area contributed by atoms with Crippen LogP contribution in [0.5, 0.6) is 0 Å². The van der Waals surface area contributed by atoms with Gasteiger partial charge >= 0.3 is 0 Å². The van der Waals surface area contributed by atoms with E-state index in [4.69, 9.17) is 0 Å². The maximum Gasteiger partial charge on any atom is 0.270 e. The number of amides is 1. The van der Waals surface area contributed by atoms with Gasteiger partial charge in [-0.2, -0.15) is 0 Å². The summed E-state index contributed by atoms with van der Waals surface area (Å²) < 4.78 is 0. The number of anilines is 1. The highest BCUT2D eigenvalue weighted by atomic mass is 16.1. The topological polar surface area (TPSA) is 66.9 Å². The van der Waals surface area contributed by atoms with Crippen LogP contribution in [0.3, 0.4) is 0 Å². The molecule has 5 heteroatoms. The second-order valence-electron chi connectivity index (χ2n) is 6.20. The zero-order valence-electron chi connectivity index (χ0n) is 12.5. The molecular weight excluding hydrogens is 264 g/mol. The lowest BCUT2D eigenvalue weighted by atomic mass is 9.96. The highest BCUT2D eigenvalue weighted by Crippen LogP contribution is 2.20. The van der Waals surface area contributed by atoms with Crippen LogP contribution in [-0.2, 0) is 0 Å². The van der Waals surface area contributed by atoms with Gasteiger partial charge < -0.3 is 10.6 Å². The van der Waals surface area contributed by atoms with E-state index in [1.54, 1.807) is 12.3 Å². The van der Waals surface area contributed by atoms with E-state index in [1.165, 1.54) is 44.9 Å². The lowest BCUT2D eigenvalue weighted by Gasteiger charge is -2.22. The van der Waals surface area contributed by atoms with Gasteiger partial charge in [0.1, 0.15) is 5.69 Å². The largest absolute Gasteiger partial charge is 0.351 e. The molecule has 1 heterocycles. The zero-order valence-corrected chi connectivity index (χ0v) is 12.5. The Kier molecular flexibility index (Phi) is 4.68. The Morgan fingerprint density at radius 1 is 1.00 bits per heavy atom. The number of hydrogen-bond acceptors (Lipinski definition) is 4. The van der Waals surface area contributed by atoms with Crippen molar-refractivity contribution in [2.45, 2.75) is 69.9 Å². The van der Waals surface area contributed by atoms with Crippen LogP contribution in [0.2, 0.25) is 0 Å². The van der Waals surface area contributed by atoms with Crippen LogP contribution in [0.4, 0.5) is 5.95 Å². The molecule has 0 unspecified atom stereocenters. The van der Waals surface area contributed by atoms with Gasteiger partial charge in [-0.1, -0.05) is 32.1 Å². The molecule has 2 aliphatic carbocycles. The molecule has 1 amide bonds. The third-order valence-electron chi connectivity index (χ3n) is 4.52. The lowest BCUT2D eigenvalue weighted by Crippen LogP contribution is -2.33. The molecule has 2 N–H and O–H groups in total. The third kappa shape index (κ3) is 3.93. The molecule has 0 atom stereocenters. The fourth-order valence-corrected chi connectivity index (χ4v) is 3.31. The molecule has 2 saturated carbocycles. The van der Waals surface area contributed by atoms with Gasteiger partial charge in [0.05, 0.1) is 0 Å². The van der Waals surface area contributed by atoms with E-state index in [0.29, 0.717) is 23.7 Å². The van der Waals surface area contributed by atoms with Crippen LogP contribution >= 0.6 is 0 Å². The van der Waals surface area contributed by atoms with Crippen LogP contribution in [0.15, 0.2) is 12.3 Å². The summed E-state index contributed by atoms with van der Waals surface area (Å²) in [5.41, 5.74) is 0.468. The van der Waals surface area contributed by atoms with Gasteiger partial charge in [-0.05, 0) is 31.7 Å². The Balaban J connectivity index is 1.60. The highest BCUT2D eigenvalue weighted by Gasteiger charge is 2.19. The fraction of sp³-hybridized carbons (Fsp3) is 0.688. The van der Waals surface area contributed by atoms with Gasteiger partial charge in [0.15, 0.2) is 0 Å². The summed E-state index contributed by atoms with van der Waals surface area (Å²) in [6, 6.07) is 2.46. The summed E-state index contributed by atoms with van der Waals surface area (Å²) in [5.74, 6) is 0.511. The van der Waals surface area contributed by atoms with E-state index in [0.717, 1.165) is 12.8 Å². The Morgan fingerprint density at radius 3 is 2.43 bits per heavy atom. The Morgan fingerprint density at radius 2 is 1.67 bits per heavy atom. The van der Waals surface area contributed by atoms with Crippen molar-refractivity contribution in [3.63, 3.8) is 0 Å². The predicted octanol–water partition coefficient (Wildman–Crippen LogP) is 2.89. The van der Waals surface area contributed by atoms with E-state index < -0.39 is 0 Å². The number of rotatable bonds is 4. The van der Waals surface area contributed by atoms with E-state index in [2.05, 4.69) is 20.6 Å². The molecule has 1 aromatic heterocycles. The summed E-state index contributed by atoms with van der Waals surface area (Å²) in [5, 5.41) is 6.44. The lowest BCUT2D eigenvalue weighted by molar-refractivity contribution is 0.0932. The molecule has 1 aromatic rings. The molecule has 0 saturated heterocycles. The van der Waals surface area contributed by atoms with Gasteiger partial charge in [0, 0.05) is 18.3 Å². The van der Waals surface area contributed by atoms with Crippen molar-refractivity contribution in [3.05, 3.63) is 18.0 Å². The van der Waals surface area contributed by atoms with Crippen LogP contribution in [-0.4, -0.2) is 28.0 Å². The molecule has 0 aromatic carbocycles. The van der Waals surface area contributed by atoms with E-state index in [9.17, 15) is 4.79 Å². The van der Waals surface area contributed by atoms with Gasteiger partial charge in [-0.3, -0.25) is 4.79 Å². The first-order valence-corrected chi connectivity index (χ1v) is 8.22. The number of carbonyl (C=O) groups excluding carboxylic acids is 1. The monoisotopic (exact) mass is 288 g/mol. The Hall–Kier alpha value is -1.65. The Labute approximate surface area is 125 Å². The first kappa shape index (κ1) is 14.3. The van der Waals surface area contributed by atoms with Crippen molar-refractivity contribution < 1.29 is 4.79 Å². The molecule has 0 bridgehead atoms. The average Bonchev–Trinajstić information content (AvgIpc) is 3.01. The molecule has 0 radical (unpaired) electrons. The zero-order chi connectivity index (χ0) is 14.5. The van der Waals surface area contributed by atoms with Crippen LogP contribution < -0.4 is 10.6 Å². The number of aromatic nitrogens is 2. The van der Waals surface area contributed by atoms with Crippen molar-refractivity contribution in [2.75, 3.05) is 5.32 Å². The minimum absolute atomic E-state index is 0.0732. The van der Waals surface area contributed by atoms with Crippen molar-refractivity contribution in [2.24, 2.45) is 0 Å². The summed E-state index contributed by atoms with van der Waals surface area (Å²) in [6.07, 6.45) is 12.5. The quantitative estimate of drug-likeness (QED) is 0.894. The summed E-state index contributed by atoms with van der Waals surface area (Å²) >= 11 is 0. The van der Waals surface area contributed by atoms with Gasteiger partial charge in [0.25, 0.3) is 5.91 Å². The van der Waals surface area contributed by atoms with Gasteiger partial charge in [0.2, 0.25) is 5.95 Å². The van der Waals surface area contributed by atoms with E-state index in [-0.39, 0.29) is 5.91 Å². The first-order valence-electron chi connectivity index (χ1n) is 8.22. The number of nitrogens with zero attached hydrogens (tertiary/aromatic N) is 2. The standard InChI is InChI=1S/C16H24N4O/c21-15(18-12-8-4-5-9-12)14-10-11-17-16(20-14)19-13-6-2-1-3-7-13/h10-13H,1-9H2,(H,18,21)(H,17,19,20). The number of hydrogen-bond donors (Lipinski definition) is 2. The van der Waals surface area contributed by atoms with Crippen molar-refractivity contribution in [1.29, 1.82) is 0 Å². The van der Waals surface area contributed by atoms with Crippen LogP contribution in [0, 0.1) is 0 Å². The molecule has 3 rings (SSSR count). The van der Waals surface area contributed by atoms with Crippen LogP contribution in [0.25, 0.3) is 0 Å². The smallest absolute Gasteiger partial charge is 0.270 e. The first-order chi connectivity index (χ1) is 10.3. The predicted molar refractivity (Wildman–Crippen MR) is 82.2 cm³/mol. The molecule has 5 nitrogen and oxygen atoms in total. The normalized spacial score (nSPS) is 20.4. The molecular formula is C16H24N4O. The maximum absolute atomic E-state index is 12.2. The number of nitrogens with one attached hydrogen (secondary N) is 2. The summed E-state index contributed by atoms with van der Waals surface area (Å²) in [4.78, 5) is 20.8. The molecule has 2 fully saturated rings. The molecule has 0 spiro atoms. The van der Waals surface area contributed by atoms with Crippen molar-refractivity contribution >= 4 is 11.9 Å². The highest BCUT2D eigenvalue weighted by molar-refractivity contribution is 5.92. The average molecular weight is 288 g/mol. The summed E-state index contributed by atoms with van der Waals surface area (Å²) in [7, 11) is 0.